The largest absolute Gasteiger partial charge is 0.450 e. The number of benzene rings is 1. The molecule has 2 aliphatic rings. The normalized spacial score (nSPS) is 15.4. The number of rotatable bonds is 2. The van der Waals surface area contributed by atoms with Crippen molar-refractivity contribution in [1.82, 2.24) is 9.88 Å². The molecular weight excluding hydrogens is 330 g/mol. The summed E-state index contributed by atoms with van der Waals surface area (Å²) in [5.41, 5.74) is 4.74. The monoisotopic (exact) mass is 351 g/mol. The van der Waals surface area contributed by atoms with E-state index in [4.69, 9.17) is 4.74 Å². The molecule has 4 rings (SSSR count). The number of para-hydroxylation sites is 1. The van der Waals surface area contributed by atoms with Gasteiger partial charge in [0.05, 0.1) is 18.7 Å². The second-order valence-electron chi connectivity index (χ2n) is 6.53. The zero-order valence-electron chi connectivity index (χ0n) is 14.8. The van der Waals surface area contributed by atoms with E-state index in [1.807, 2.05) is 23.1 Å². The van der Waals surface area contributed by atoms with Crippen LogP contribution < -0.4 is 4.90 Å². The second kappa shape index (κ2) is 6.78. The summed E-state index contributed by atoms with van der Waals surface area (Å²) in [6.45, 7) is 3.82. The van der Waals surface area contributed by atoms with Crippen LogP contribution >= 0.6 is 0 Å². The summed E-state index contributed by atoms with van der Waals surface area (Å²) in [5.74, 6) is -0.0103. The number of ether oxygens (including phenoxy) is 1. The number of nitrogens with zero attached hydrogens (tertiary/aromatic N) is 3. The molecule has 1 aromatic carbocycles. The van der Waals surface area contributed by atoms with E-state index in [9.17, 15) is 9.59 Å². The maximum absolute atomic E-state index is 13.2. The zero-order chi connectivity index (χ0) is 18.1. The summed E-state index contributed by atoms with van der Waals surface area (Å²) < 4.78 is 5.09. The smallest absolute Gasteiger partial charge is 0.410 e. The number of hydrogen-bond acceptors (Lipinski definition) is 4. The van der Waals surface area contributed by atoms with E-state index in [2.05, 4.69) is 11.1 Å². The standard InChI is InChI=1S/C20H21N3O3/c1-2-26-20(25)22-9-8-16-15(13-22)11-21-12-17(16)19(24)23-10-7-14-5-3-4-6-18(14)23/h3-6,11-12H,2,7-10,13H2,1H3. The highest BCUT2D eigenvalue weighted by Crippen LogP contribution is 2.30. The third-order valence-electron chi connectivity index (χ3n) is 5.03. The molecule has 6 nitrogen and oxygen atoms in total. The molecule has 0 unspecified atom stereocenters. The third-order valence-corrected chi connectivity index (χ3v) is 5.03. The topological polar surface area (TPSA) is 62.7 Å². The lowest BCUT2D eigenvalue weighted by molar-refractivity contribution is 0.0984. The van der Waals surface area contributed by atoms with Gasteiger partial charge in [-0.3, -0.25) is 9.78 Å². The molecular formula is C20H21N3O3. The van der Waals surface area contributed by atoms with Crippen molar-refractivity contribution >= 4 is 17.7 Å². The van der Waals surface area contributed by atoms with Gasteiger partial charge in [0.25, 0.3) is 5.91 Å². The summed E-state index contributed by atoms with van der Waals surface area (Å²) in [5, 5.41) is 0. The highest BCUT2D eigenvalue weighted by atomic mass is 16.6. The molecule has 0 aliphatic carbocycles. The highest BCUT2D eigenvalue weighted by Gasteiger charge is 2.30. The predicted molar refractivity (Wildman–Crippen MR) is 97.2 cm³/mol. The van der Waals surface area contributed by atoms with E-state index in [0.29, 0.717) is 38.2 Å². The average molecular weight is 351 g/mol. The molecule has 2 amide bonds. The lowest BCUT2D eigenvalue weighted by Crippen LogP contribution is -2.38. The molecule has 2 aromatic rings. The number of hydrogen-bond donors (Lipinski definition) is 0. The molecule has 0 fully saturated rings. The summed E-state index contributed by atoms with van der Waals surface area (Å²) in [6.07, 6.45) is 4.59. The quantitative estimate of drug-likeness (QED) is 0.835. The van der Waals surface area contributed by atoms with Gasteiger partial charge in [-0.2, -0.15) is 0 Å². The first kappa shape index (κ1) is 16.6. The molecule has 0 bridgehead atoms. The van der Waals surface area contributed by atoms with Gasteiger partial charge in [-0.1, -0.05) is 18.2 Å². The van der Waals surface area contributed by atoms with Crippen LogP contribution in [-0.4, -0.2) is 41.6 Å². The molecule has 0 spiro atoms. The number of fused-ring (bicyclic) bond motifs is 2. The summed E-state index contributed by atoms with van der Waals surface area (Å²) in [4.78, 5) is 32.9. The number of anilines is 1. The van der Waals surface area contributed by atoms with Gasteiger partial charge in [-0.25, -0.2) is 4.79 Å². The van der Waals surface area contributed by atoms with Crippen LogP contribution in [0.3, 0.4) is 0 Å². The average Bonchev–Trinajstić information content (AvgIpc) is 3.11. The molecule has 2 aliphatic heterocycles. The first-order valence-electron chi connectivity index (χ1n) is 8.96. The molecule has 26 heavy (non-hydrogen) atoms. The maximum atomic E-state index is 13.2. The SMILES string of the molecule is CCOC(=O)N1CCc2c(cncc2C(=O)N2CCc3ccccc32)C1. The minimum atomic E-state index is -0.316. The maximum Gasteiger partial charge on any atom is 0.410 e. The lowest BCUT2D eigenvalue weighted by atomic mass is 9.96. The van der Waals surface area contributed by atoms with Crippen molar-refractivity contribution in [3.8, 4) is 0 Å². The minimum absolute atomic E-state index is 0.0103. The molecule has 3 heterocycles. The van der Waals surface area contributed by atoms with E-state index >= 15 is 0 Å². The van der Waals surface area contributed by atoms with Crippen molar-refractivity contribution < 1.29 is 14.3 Å². The minimum Gasteiger partial charge on any atom is -0.450 e. The van der Waals surface area contributed by atoms with Crippen molar-refractivity contribution in [1.29, 1.82) is 0 Å². The van der Waals surface area contributed by atoms with Crippen LogP contribution in [0.5, 0.6) is 0 Å². The van der Waals surface area contributed by atoms with Crippen LogP contribution in [-0.2, 0) is 24.1 Å². The number of amides is 2. The van der Waals surface area contributed by atoms with Crippen LogP contribution in [0.2, 0.25) is 0 Å². The van der Waals surface area contributed by atoms with Gasteiger partial charge in [0.15, 0.2) is 0 Å². The molecule has 0 radical (unpaired) electrons. The number of pyridine rings is 1. The van der Waals surface area contributed by atoms with Crippen molar-refractivity contribution in [2.45, 2.75) is 26.3 Å². The Hall–Kier alpha value is -2.89. The van der Waals surface area contributed by atoms with Gasteiger partial charge in [-0.15, -0.1) is 0 Å². The first-order valence-corrected chi connectivity index (χ1v) is 8.96. The summed E-state index contributed by atoms with van der Waals surface area (Å²) in [6, 6.07) is 8.02. The van der Waals surface area contributed by atoms with E-state index in [0.717, 1.165) is 23.2 Å². The van der Waals surface area contributed by atoms with Gasteiger partial charge >= 0.3 is 6.09 Å². The molecule has 0 N–H and O–H groups in total. The van der Waals surface area contributed by atoms with E-state index in [1.54, 1.807) is 24.2 Å². The second-order valence-corrected chi connectivity index (χ2v) is 6.53. The highest BCUT2D eigenvalue weighted by molar-refractivity contribution is 6.08. The van der Waals surface area contributed by atoms with Gasteiger partial charge in [0, 0.05) is 31.2 Å². The Kier molecular flexibility index (Phi) is 4.32. The molecule has 0 saturated heterocycles. The Bertz CT molecular complexity index is 865. The Labute approximate surface area is 152 Å². The molecule has 1 aromatic heterocycles. The Balaban J connectivity index is 1.61. The van der Waals surface area contributed by atoms with Crippen LogP contribution in [0.4, 0.5) is 10.5 Å². The van der Waals surface area contributed by atoms with Gasteiger partial charge < -0.3 is 14.5 Å². The summed E-state index contributed by atoms with van der Waals surface area (Å²) in [7, 11) is 0. The number of carbonyl (C=O) groups excluding carboxylic acids is 2. The van der Waals surface area contributed by atoms with Crippen LogP contribution in [0.15, 0.2) is 36.7 Å². The van der Waals surface area contributed by atoms with Crippen LogP contribution in [0.25, 0.3) is 0 Å². The summed E-state index contributed by atoms with van der Waals surface area (Å²) >= 11 is 0. The van der Waals surface area contributed by atoms with Crippen LogP contribution in [0.1, 0.15) is 34.0 Å². The molecule has 6 heteroatoms. The van der Waals surface area contributed by atoms with Gasteiger partial charge in [0.1, 0.15) is 0 Å². The fourth-order valence-electron chi connectivity index (χ4n) is 3.74. The molecule has 0 atom stereocenters. The lowest BCUT2D eigenvalue weighted by Gasteiger charge is -2.29. The van der Waals surface area contributed by atoms with E-state index < -0.39 is 0 Å². The zero-order valence-corrected chi connectivity index (χ0v) is 14.8. The van der Waals surface area contributed by atoms with Crippen molar-refractivity contribution in [3.63, 3.8) is 0 Å². The number of carbonyl (C=O) groups is 2. The van der Waals surface area contributed by atoms with Crippen molar-refractivity contribution in [2.75, 3.05) is 24.6 Å². The molecule has 134 valence electrons. The van der Waals surface area contributed by atoms with Gasteiger partial charge in [-0.05, 0) is 42.5 Å². The van der Waals surface area contributed by atoms with Crippen LogP contribution in [0, 0.1) is 0 Å². The Morgan fingerprint density at radius 1 is 1.12 bits per heavy atom. The van der Waals surface area contributed by atoms with E-state index in [-0.39, 0.29) is 12.0 Å². The Morgan fingerprint density at radius 2 is 1.96 bits per heavy atom. The first-order chi connectivity index (χ1) is 12.7. The van der Waals surface area contributed by atoms with E-state index in [1.165, 1.54) is 5.56 Å². The number of aromatic nitrogens is 1. The fraction of sp³-hybridized carbons (Fsp3) is 0.350. The fourth-order valence-corrected chi connectivity index (χ4v) is 3.74. The van der Waals surface area contributed by atoms with Crippen molar-refractivity contribution in [3.05, 3.63) is 58.9 Å². The van der Waals surface area contributed by atoms with Gasteiger partial charge in [0.2, 0.25) is 0 Å². The molecule has 0 saturated carbocycles. The third kappa shape index (κ3) is 2.81. The predicted octanol–water partition coefficient (Wildman–Crippen LogP) is 2.80. The Morgan fingerprint density at radius 3 is 2.81 bits per heavy atom. The van der Waals surface area contributed by atoms with Crippen molar-refractivity contribution in [2.24, 2.45) is 0 Å².